The summed E-state index contributed by atoms with van der Waals surface area (Å²) in [5.74, 6) is -0.247. The minimum Gasteiger partial charge on any atom is -0.338 e. The molecule has 0 unspecified atom stereocenters. The zero-order valence-corrected chi connectivity index (χ0v) is 16.1. The Morgan fingerprint density at radius 2 is 1.67 bits per heavy atom. The average Bonchev–Trinajstić information content (AvgIpc) is 2.67. The molecular weight excluding hydrogens is 368 g/mol. The first-order valence-electron chi connectivity index (χ1n) is 8.66. The van der Waals surface area contributed by atoms with Gasteiger partial charge in [0.2, 0.25) is 15.9 Å². The van der Waals surface area contributed by atoms with E-state index in [1.165, 1.54) is 15.1 Å². The number of piperazine rings is 1. The molecule has 1 aromatic carbocycles. The number of hydrogen-bond donors (Lipinski definition) is 0. The van der Waals surface area contributed by atoms with Crippen LogP contribution in [0.25, 0.3) is 11.3 Å². The van der Waals surface area contributed by atoms with E-state index >= 15 is 0 Å². The van der Waals surface area contributed by atoms with Gasteiger partial charge in [-0.2, -0.15) is 9.40 Å². The highest BCUT2D eigenvalue weighted by Crippen LogP contribution is 2.16. The van der Waals surface area contributed by atoms with Crippen molar-refractivity contribution in [1.29, 1.82) is 0 Å². The number of carbonyl (C=O) groups is 1. The van der Waals surface area contributed by atoms with Gasteiger partial charge in [0.05, 0.1) is 11.9 Å². The summed E-state index contributed by atoms with van der Waals surface area (Å²) in [5.41, 5.74) is 1.11. The molecule has 1 atom stereocenters. The first-order valence-corrected chi connectivity index (χ1v) is 10.5. The van der Waals surface area contributed by atoms with Crippen molar-refractivity contribution in [2.24, 2.45) is 0 Å². The first kappa shape index (κ1) is 19.2. The number of aromatic nitrogens is 2. The second kappa shape index (κ2) is 7.61. The van der Waals surface area contributed by atoms with Gasteiger partial charge in [-0.15, -0.1) is 0 Å². The molecule has 0 bridgehead atoms. The molecule has 0 radical (unpaired) electrons. The lowest BCUT2D eigenvalue weighted by Crippen LogP contribution is -2.52. The van der Waals surface area contributed by atoms with E-state index in [9.17, 15) is 18.0 Å². The van der Waals surface area contributed by atoms with E-state index in [0.29, 0.717) is 18.8 Å². The standard InChI is InChI=1S/C18H22N4O4S/c1-14(18(24)20-10-12-21(13-11-20)27(2,25)26)22-17(23)9-8-16(19-22)15-6-4-3-5-7-15/h3-9,14H,10-13H2,1-2H3/t14-/m1/s1. The molecule has 0 aliphatic carbocycles. The Kier molecular flexibility index (Phi) is 5.43. The number of sulfonamides is 1. The Morgan fingerprint density at radius 3 is 2.26 bits per heavy atom. The molecule has 2 heterocycles. The van der Waals surface area contributed by atoms with Crippen LogP contribution in [-0.4, -0.2) is 65.7 Å². The van der Waals surface area contributed by atoms with Crippen LogP contribution in [-0.2, 0) is 14.8 Å². The van der Waals surface area contributed by atoms with Gasteiger partial charge >= 0.3 is 0 Å². The van der Waals surface area contributed by atoms with Crippen molar-refractivity contribution in [3.8, 4) is 11.3 Å². The van der Waals surface area contributed by atoms with Crippen LogP contribution in [0.5, 0.6) is 0 Å². The minimum atomic E-state index is -3.26. The summed E-state index contributed by atoms with van der Waals surface area (Å²) in [6, 6.07) is 11.7. The molecule has 1 aromatic heterocycles. The maximum atomic E-state index is 12.8. The van der Waals surface area contributed by atoms with Crippen LogP contribution in [0.3, 0.4) is 0 Å². The van der Waals surface area contributed by atoms with Crippen molar-refractivity contribution >= 4 is 15.9 Å². The van der Waals surface area contributed by atoms with Gasteiger partial charge in [-0.1, -0.05) is 30.3 Å². The monoisotopic (exact) mass is 390 g/mol. The molecule has 8 nitrogen and oxygen atoms in total. The fourth-order valence-electron chi connectivity index (χ4n) is 3.07. The summed E-state index contributed by atoms with van der Waals surface area (Å²) in [5, 5.41) is 4.36. The molecule has 0 N–H and O–H groups in total. The molecule has 0 spiro atoms. The van der Waals surface area contributed by atoms with Gasteiger partial charge in [-0.3, -0.25) is 9.59 Å². The minimum absolute atomic E-state index is 0.247. The van der Waals surface area contributed by atoms with Crippen LogP contribution in [0.15, 0.2) is 47.3 Å². The summed E-state index contributed by atoms with van der Waals surface area (Å²) in [4.78, 5) is 26.6. The molecule has 3 rings (SSSR count). The molecule has 1 amide bonds. The lowest BCUT2D eigenvalue weighted by molar-refractivity contribution is -0.135. The van der Waals surface area contributed by atoms with E-state index in [-0.39, 0.29) is 24.6 Å². The number of nitrogens with zero attached hydrogens (tertiary/aromatic N) is 4. The van der Waals surface area contributed by atoms with Crippen LogP contribution < -0.4 is 5.56 Å². The lowest BCUT2D eigenvalue weighted by atomic mass is 10.1. The Morgan fingerprint density at radius 1 is 1.04 bits per heavy atom. The van der Waals surface area contributed by atoms with Crippen LogP contribution in [0.2, 0.25) is 0 Å². The smallest absolute Gasteiger partial charge is 0.267 e. The second-order valence-electron chi connectivity index (χ2n) is 6.53. The van der Waals surface area contributed by atoms with Crippen LogP contribution in [0.4, 0.5) is 0 Å². The maximum Gasteiger partial charge on any atom is 0.267 e. The van der Waals surface area contributed by atoms with Gasteiger partial charge < -0.3 is 4.90 Å². The first-order chi connectivity index (χ1) is 12.8. The summed E-state index contributed by atoms with van der Waals surface area (Å²) in [6.45, 7) is 2.73. The van der Waals surface area contributed by atoms with E-state index in [4.69, 9.17) is 0 Å². The Balaban J connectivity index is 1.79. The van der Waals surface area contributed by atoms with E-state index in [2.05, 4.69) is 5.10 Å². The number of rotatable bonds is 4. The normalized spacial score (nSPS) is 16.9. The Hall–Kier alpha value is -2.52. The van der Waals surface area contributed by atoms with Crippen molar-refractivity contribution in [3.63, 3.8) is 0 Å². The number of benzene rings is 1. The number of amides is 1. The third kappa shape index (κ3) is 4.25. The molecular formula is C18H22N4O4S. The van der Waals surface area contributed by atoms with Crippen LogP contribution in [0.1, 0.15) is 13.0 Å². The van der Waals surface area contributed by atoms with Crippen LogP contribution in [0, 0.1) is 0 Å². The van der Waals surface area contributed by atoms with E-state index in [0.717, 1.165) is 11.8 Å². The Bertz CT molecular complexity index is 980. The van der Waals surface area contributed by atoms with E-state index in [1.807, 2.05) is 30.3 Å². The van der Waals surface area contributed by atoms with Gasteiger partial charge in [0.1, 0.15) is 6.04 Å². The summed E-state index contributed by atoms with van der Waals surface area (Å²) < 4.78 is 25.7. The van der Waals surface area contributed by atoms with Gasteiger partial charge in [0.15, 0.2) is 0 Å². The summed E-state index contributed by atoms with van der Waals surface area (Å²) >= 11 is 0. The molecule has 0 saturated carbocycles. The van der Waals surface area contributed by atoms with Crippen molar-refractivity contribution in [2.75, 3.05) is 32.4 Å². The summed E-state index contributed by atoms with van der Waals surface area (Å²) in [7, 11) is -3.26. The zero-order chi connectivity index (χ0) is 19.6. The topological polar surface area (TPSA) is 92.6 Å². The second-order valence-corrected chi connectivity index (χ2v) is 8.51. The SMILES string of the molecule is C[C@H](C(=O)N1CCN(S(C)(=O)=O)CC1)n1nc(-c2ccccc2)ccc1=O. The highest BCUT2D eigenvalue weighted by molar-refractivity contribution is 7.88. The van der Waals surface area contributed by atoms with Gasteiger partial charge in [0, 0.05) is 37.8 Å². The van der Waals surface area contributed by atoms with Gasteiger partial charge in [-0.05, 0) is 13.0 Å². The molecule has 2 aromatic rings. The molecule has 1 aliphatic rings. The Labute approximate surface area is 158 Å². The highest BCUT2D eigenvalue weighted by Gasteiger charge is 2.29. The lowest BCUT2D eigenvalue weighted by Gasteiger charge is -2.34. The average molecular weight is 390 g/mol. The van der Waals surface area contributed by atoms with Crippen LogP contribution >= 0.6 is 0 Å². The molecule has 27 heavy (non-hydrogen) atoms. The van der Waals surface area contributed by atoms with Crippen molar-refractivity contribution in [1.82, 2.24) is 19.0 Å². The molecule has 144 valence electrons. The van der Waals surface area contributed by atoms with E-state index in [1.54, 1.807) is 17.9 Å². The maximum absolute atomic E-state index is 12.8. The molecule has 1 saturated heterocycles. The van der Waals surface area contributed by atoms with Crippen molar-refractivity contribution in [3.05, 3.63) is 52.8 Å². The summed E-state index contributed by atoms with van der Waals surface area (Å²) in [6.07, 6.45) is 1.16. The highest BCUT2D eigenvalue weighted by atomic mass is 32.2. The fraction of sp³-hybridized carbons (Fsp3) is 0.389. The third-order valence-electron chi connectivity index (χ3n) is 4.64. The molecule has 9 heteroatoms. The fourth-order valence-corrected chi connectivity index (χ4v) is 3.90. The van der Waals surface area contributed by atoms with E-state index < -0.39 is 16.1 Å². The van der Waals surface area contributed by atoms with Crippen molar-refractivity contribution in [2.45, 2.75) is 13.0 Å². The largest absolute Gasteiger partial charge is 0.338 e. The predicted molar refractivity (Wildman–Crippen MR) is 102 cm³/mol. The third-order valence-corrected chi connectivity index (χ3v) is 5.94. The zero-order valence-electron chi connectivity index (χ0n) is 15.3. The quantitative estimate of drug-likeness (QED) is 0.761. The number of hydrogen-bond acceptors (Lipinski definition) is 5. The predicted octanol–water partition coefficient (Wildman–Crippen LogP) is 0.575. The number of carbonyl (C=O) groups excluding carboxylic acids is 1. The molecule has 1 fully saturated rings. The van der Waals surface area contributed by atoms with Gasteiger partial charge in [-0.25, -0.2) is 13.1 Å². The molecule has 1 aliphatic heterocycles. The van der Waals surface area contributed by atoms with Crippen molar-refractivity contribution < 1.29 is 13.2 Å². The van der Waals surface area contributed by atoms with Gasteiger partial charge in [0.25, 0.3) is 5.56 Å².